The molecule has 6 heterocycles. The Labute approximate surface area is 258 Å². The lowest BCUT2D eigenvalue weighted by Gasteiger charge is -2.33. The Morgan fingerprint density at radius 3 is 1.95 bits per heavy atom. The highest BCUT2D eigenvalue weighted by Gasteiger charge is 2.29. The van der Waals surface area contributed by atoms with Crippen molar-refractivity contribution in [2.24, 2.45) is 0 Å². The minimum Gasteiger partial charge on any atom is -0.444 e. The van der Waals surface area contributed by atoms with Gasteiger partial charge in [-0.25, -0.2) is 19.6 Å². The molecule has 2 amide bonds. The number of ether oxygens (including phenoxy) is 2. The lowest BCUT2D eigenvalue weighted by Crippen LogP contribution is -2.41. The van der Waals surface area contributed by atoms with E-state index in [1.165, 1.54) is 22.1 Å². The van der Waals surface area contributed by atoms with Crippen LogP contribution in [0, 0.1) is 0 Å². The number of likely N-dealkylation sites (tertiary alicyclic amines) is 1. The number of carbonyl (C=O) groups excluding carboxylic acids is 2. The van der Waals surface area contributed by atoms with Crippen molar-refractivity contribution in [3.05, 3.63) is 66.3 Å². The van der Waals surface area contributed by atoms with Gasteiger partial charge in [0.05, 0.1) is 0 Å². The Hall–Kier alpha value is -4.34. The molecular weight excluding hydrogens is 556 g/mol. The molecule has 44 heavy (non-hydrogen) atoms. The molecule has 1 saturated heterocycles. The highest BCUT2D eigenvalue weighted by molar-refractivity contribution is 5.91. The first kappa shape index (κ1) is 31.1. The van der Waals surface area contributed by atoms with Crippen LogP contribution in [0.1, 0.15) is 77.8 Å². The van der Waals surface area contributed by atoms with Crippen molar-refractivity contribution in [1.82, 2.24) is 29.7 Å². The average molecular weight is 601 g/mol. The van der Waals surface area contributed by atoms with Gasteiger partial charge in [-0.05, 0) is 102 Å². The first-order chi connectivity index (χ1) is 20.9. The second-order valence-electron chi connectivity index (χ2n) is 13.4. The van der Waals surface area contributed by atoms with E-state index >= 15 is 0 Å². The third-order valence-corrected chi connectivity index (χ3v) is 7.73. The number of aromatic nitrogens is 4. The monoisotopic (exact) mass is 600 g/mol. The summed E-state index contributed by atoms with van der Waals surface area (Å²) in [6.45, 7) is 14.1. The van der Waals surface area contributed by atoms with E-state index in [0.29, 0.717) is 19.0 Å². The number of nitrogens with zero attached hydrogens (tertiary/aromatic N) is 4. The van der Waals surface area contributed by atoms with Crippen LogP contribution in [0.2, 0.25) is 0 Å². The van der Waals surface area contributed by atoms with Crippen LogP contribution in [0.5, 0.6) is 0 Å². The van der Waals surface area contributed by atoms with Crippen molar-refractivity contribution < 1.29 is 19.1 Å². The maximum absolute atomic E-state index is 12.1. The number of carbonyl (C=O) groups is 2. The van der Waals surface area contributed by atoms with Gasteiger partial charge in [-0.2, -0.15) is 0 Å². The van der Waals surface area contributed by atoms with E-state index in [0.717, 1.165) is 49.0 Å². The molecule has 0 radical (unpaired) electrons. The fraction of sp³-hybridized carbons (Fsp3) is 0.471. The second-order valence-corrected chi connectivity index (χ2v) is 13.4. The van der Waals surface area contributed by atoms with Crippen LogP contribution in [0.15, 0.2) is 55.1 Å². The maximum Gasteiger partial charge on any atom is 0.410 e. The molecule has 0 aliphatic carbocycles. The summed E-state index contributed by atoms with van der Waals surface area (Å²) in [6.07, 6.45) is 12.0. The number of amides is 2. The van der Waals surface area contributed by atoms with Crippen molar-refractivity contribution in [3.8, 4) is 0 Å². The highest BCUT2D eigenvalue weighted by atomic mass is 16.6. The second kappa shape index (κ2) is 12.7. The molecule has 0 bridgehead atoms. The Morgan fingerprint density at radius 2 is 1.36 bits per heavy atom. The van der Waals surface area contributed by atoms with E-state index in [1.807, 2.05) is 64.8 Å². The molecule has 2 aliphatic heterocycles. The average Bonchev–Trinajstić information content (AvgIpc) is 3.61. The number of rotatable bonds is 2. The summed E-state index contributed by atoms with van der Waals surface area (Å²) in [6, 6.07) is 8.08. The van der Waals surface area contributed by atoms with Gasteiger partial charge in [-0.15, -0.1) is 0 Å². The molecule has 2 N–H and O–H groups in total. The van der Waals surface area contributed by atoms with Gasteiger partial charge in [0.2, 0.25) is 0 Å². The Bertz CT molecular complexity index is 1630. The first-order valence-corrected chi connectivity index (χ1v) is 15.4. The summed E-state index contributed by atoms with van der Waals surface area (Å²) in [5.41, 5.74) is 4.68. The summed E-state index contributed by atoms with van der Waals surface area (Å²) >= 11 is 0. The SMILES string of the molecule is CC(C)(C)OC(=O)N1CC=C(c2c[nH]c3ncccc23)CC1.CC(C)(C)OC(=O)N1CCC(c2c[nH]c3ncccc23)CC1. The largest absolute Gasteiger partial charge is 0.444 e. The molecule has 10 heteroatoms. The lowest BCUT2D eigenvalue weighted by atomic mass is 9.90. The summed E-state index contributed by atoms with van der Waals surface area (Å²) in [4.78, 5) is 42.8. The minimum absolute atomic E-state index is 0.202. The standard InChI is InChI=1S/C17H23N3O2.C17H21N3O2/c2*1-17(2,3)22-16(21)20-9-6-12(7-10-20)14-11-19-15-13(14)5-4-8-18-15/h4-5,8,11-12H,6-7,9-10H2,1-3H3,(H,18,19);4-6,8,11H,7,9-10H2,1-3H3,(H,18,19). The van der Waals surface area contributed by atoms with Crippen molar-refractivity contribution >= 4 is 39.8 Å². The molecule has 0 atom stereocenters. The zero-order valence-electron chi connectivity index (χ0n) is 26.6. The van der Waals surface area contributed by atoms with Crippen molar-refractivity contribution in [2.45, 2.75) is 77.9 Å². The van der Waals surface area contributed by atoms with Crippen LogP contribution in [0.25, 0.3) is 27.6 Å². The quantitative estimate of drug-likeness (QED) is 0.250. The minimum atomic E-state index is -0.455. The smallest absolute Gasteiger partial charge is 0.410 e. The molecule has 0 unspecified atom stereocenters. The van der Waals surface area contributed by atoms with Gasteiger partial charge in [0.25, 0.3) is 0 Å². The van der Waals surface area contributed by atoms with Gasteiger partial charge in [-0.3, -0.25) is 0 Å². The van der Waals surface area contributed by atoms with Crippen molar-refractivity contribution in [2.75, 3.05) is 26.2 Å². The van der Waals surface area contributed by atoms with Gasteiger partial charge in [0.1, 0.15) is 22.5 Å². The molecular formula is C34H44N6O4. The van der Waals surface area contributed by atoms with E-state index in [-0.39, 0.29) is 12.2 Å². The normalized spacial score (nSPS) is 16.4. The number of aromatic amines is 2. The molecule has 0 aromatic carbocycles. The van der Waals surface area contributed by atoms with E-state index in [1.54, 1.807) is 17.3 Å². The zero-order valence-corrected chi connectivity index (χ0v) is 26.6. The summed E-state index contributed by atoms with van der Waals surface area (Å²) in [5.74, 6) is 0.469. The van der Waals surface area contributed by atoms with Crippen LogP contribution in [-0.4, -0.2) is 79.3 Å². The molecule has 4 aromatic heterocycles. The first-order valence-electron chi connectivity index (χ1n) is 15.4. The molecule has 10 nitrogen and oxygen atoms in total. The Balaban J connectivity index is 0.000000175. The molecule has 2 aliphatic rings. The number of hydrogen-bond acceptors (Lipinski definition) is 6. The number of hydrogen-bond donors (Lipinski definition) is 2. The van der Waals surface area contributed by atoms with E-state index in [2.05, 4.69) is 44.3 Å². The van der Waals surface area contributed by atoms with Crippen LogP contribution in [0.4, 0.5) is 9.59 Å². The van der Waals surface area contributed by atoms with Gasteiger partial charge >= 0.3 is 12.2 Å². The Kier molecular flexibility index (Phi) is 8.99. The molecule has 0 spiro atoms. The fourth-order valence-electron chi connectivity index (χ4n) is 5.64. The third kappa shape index (κ3) is 7.59. The van der Waals surface area contributed by atoms with Crippen LogP contribution < -0.4 is 0 Å². The predicted octanol–water partition coefficient (Wildman–Crippen LogP) is 7.26. The van der Waals surface area contributed by atoms with E-state index < -0.39 is 11.2 Å². The molecule has 234 valence electrons. The molecule has 6 rings (SSSR count). The van der Waals surface area contributed by atoms with Crippen molar-refractivity contribution in [1.29, 1.82) is 0 Å². The Morgan fingerprint density at radius 1 is 0.795 bits per heavy atom. The summed E-state index contributed by atoms with van der Waals surface area (Å²) < 4.78 is 10.9. The van der Waals surface area contributed by atoms with E-state index in [9.17, 15) is 9.59 Å². The van der Waals surface area contributed by atoms with Gasteiger partial charge < -0.3 is 29.2 Å². The number of fused-ring (bicyclic) bond motifs is 2. The third-order valence-electron chi connectivity index (χ3n) is 7.73. The fourth-order valence-corrected chi connectivity index (χ4v) is 5.64. The number of piperidine rings is 1. The molecule has 4 aromatic rings. The van der Waals surface area contributed by atoms with Crippen LogP contribution in [0.3, 0.4) is 0 Å². The van der Waals surface area contributed by atoms with Crippen LogP contribution >= 0.6 is 0 Å². The molecule has 1 fully saturated rings. The maximum atomic E-state index is 12.1. The summed E-state index contributed by atoms with van der Waals surface area (Å²) in [7, 11) is 0. The van der Waals surface area contributed by atoms with Crippen molar-refractivity contribution in [3.63, 3.8) is 0 Å². The van der Waals surface area contributed by atoms with Gasteiger partial charge in [0.15, 0.2) is 0 Å². The van der Waals surface area contributed by atoms with E-state index in [4.69, 9.17) is 9.47 Å². The van der Waals surface area contributed by atoms with Gasteiger partial charge in [0, 0.05) is 67.3 Å². The lowest BCUT2D eigenvalue weighted by molar-refractivity contribution is 0.0203. The number of H-pyrrole nitrogens is 2. The number of nitrogens with one attached hydrogen (secondary N) is 2. The zero-order chi connectivity index (χ0) is 31.5. The topological polar surface area (TPSA) is 116 Å². The highest BCUT2D eigenvalue weighted by Crippen LogP contribution is 2.33. The summed E-state index contributed by atoms with van der Waals surface area (Å²) in [5, 5.41) is 2.32. The predicted molar refractivity (Wildman–Crippen MR) is 172 cm³/mol. The molecule has 0 saturated carbocycles. The van der Waals surface area contributed by atoms with Crippen LogP contribution in [-0.2, 0) is 9.47 Å². The van der Waals surface area contributed by atoms with Gasteiger partial charge in [-0.1, -0.05) is 6.08 Å². The number of pyridine rings is 2.